The second-order valence-corrected chi connectivity index (χ2v) is 10.2. The predicted molar refractivity (Wildman–Crippen MR) is 144 cm³/mol. The third kappa shape index (κ3) is 7.05. The van der Waals surface area contributed by atoms with Crippen molar-refractivity contribution < 1.29 is 4.39 Å². The summed E-state index contributed by atoms with van der Waals surface area (Å²) in [5, 5.41) is 0. The van der Waals surface area contributed by atoms with Gasteiger partial charge in [0.25, 0.3) is 0 Å². The first-order chi connectivity index (χ1) is 16.7. The molecule has 0 N–H and O–H groups in total. The molecule has 0 unspecified atom stereocenters. The van der Waals surface area contributed by atoms with Crippen molar-refractivity contribution in [1.29, 1.82) is 0 Å². The Morgan fingerprint density at radius 3 is 1.68 bits per heavy atom. The largest absolute Gasteiger partial charge is 0.251 e. The summed E-state index contributed by atoms with van der Waals surface area (Å²) in [6.07, 6.45) is 12.9. The van der Waals surface area contributed by atoms with E-state index in [4.69, 9.17) is 0 Å². The molecule has 0 aliphatic heterocycles. The van der Waals surface area contributed by atoms with E-state index in [0.717, 1.165) is 43.9 Å². The topological polar surface area (TPSA) is 0 Å². The second kappa shape index (κ2) is 12.9. The van der Waals surface area contributed by atoms with E-state index in [-0.39, 0.29) is 6.67 Å². The smallest absolute Gasteiger partial charge is 0.0894 e. The highest BCUT2D eigenvalue weighted by Gasteiger charge is 2.22. The van der Waals surface area contributed by atoms with Crippen LogP contribution in [0.1, 0.15) is 86.5 Å². The molecule has 0 atom stereocenters. The first kappa shape index (κ1) is 24.7. The fourth-order valence-corrected chi connectivity index (χ4v) is 5.53. The van der Waals surface area contributed by atoms with Crippen LogP contribution in [0.2, 0.25) is 0 Å². The SMILES string of the molecule is CCc1ccc(-c2ccc(CCc3ccc(C4CCC(CCCCCF)CC4)cc3)cc2)cc1. The van der Waals surface area contributed by atoms with E-state index < -0.39 is 0 Å². The summed E-state index contributed by atoms with van der Waals surface area (Å²) >= 11 is 0. The van der Waals surface area contributed by atoms with Gasteiger partial charge >= 0.3 is 0 Å². The second-order valence-electron chi connectivity index (χ2n) is 10.2. The van der Waals surface area contributed by atoms with Crippen molar-refractivity contribution in [3.8, 4) is 11.1 Å². The van der Waals surface area contributed by atoms with E-state index in [0.29, 0.717) is 0 Å². The molecule has 1 heteroatoms. The molecule has 0 heterocycles. The van der Waals surface area contributed by atoms with Gasteiger partial charge in [0.15, 0.2) is 0 Å². The van der Waals surface area contributed by atoms with E-state index in [2.05, 4.69) is 79.7 Å². The van der Waals surface area contributed by atoms with Crippen LogP contribution in [-0.4, -0.2) is 6.67 Å². The van der Waals surface area contributed by atoms with Crippen molar-refractivity contribution in [2.45, 2.75) is 83.5 Å². The van der Waals surface area contributed by atoms with Crippen molar-refractivity contribution in [2.24, 2.45) is 5.92 Å². The summed E-state index contributed by atoms with van der Waals surface area (Å²) in [6.45, 7) is 2.05. The van der Waals surface area contributed by atoms with Crippen LogP contribution in [0.25, 0.3) is 11.1 Å². The zero-order chi connectivity index (χ0) is 23.6. The number of aryl methyl sites for hydroxylation is 3. The quantitative estimate of drug-likeness (QED) is 0.252. The molecule has 180 valence electrons. The van der Waals surface area contributed by atoms with Crippen LogP contribution in [0.5, 0.6) is 0 Å². The fourth-order valence-electron chi connectivity index (χ4n) is 5.53. The summed E-state index contributed by atoms with van der Waals surface area (Å²) in [4.78, 5) is 0. The number of alkyl halides is 1. The molecule has 4 rings (SSSR count). The molecular weight excluding hydrogens is 415 g/mol. The molecule has 3 aromatic carbocycles. The van der Waals surface area contributed by atoms with E-state index >= 15 is 0 Å². The Morgan fingerprint density at radius 2 is 1.15 bits per heavy atom. The van der Waals surface area contributed by atoms with Gasteiger partial charge in [0.05, 0.1) is 6.67 Å². The summed E-state index contributed by atoms with van der Waals surface area (Å²) in [7, 11) is 0. The van der Waals surface area contributed by atoms with Crippen molar-refractivity contribution in [2.75, 3.05) is 6.67 Å². The van der Waals surface area contributed by atoms with Crippen molar-refractivity contribution in [3.63, 3.8) is 0 Å². The lowest BCUT2D eigenvalue weighted by Gasteiger charge is -2.29. The summed E-state index contributed by atoms with van der Waals surface area (Å²) < 4.78 is 12.3. The Kier molecular flexibility index (Phi) is 9.36. The molecule has 0 bridgehead atoms. The average Bonchev–Trinajstić information content (AvgIpc) is 2.91. The molecule has 0 nitrogen and oxygen atoms in total. The average molecular weight is 457 g/mol. The highest BCUT2D eigenvalue weighted by Crippen LogP contribution is 2.37. The maximum absolute atomic E-state index is 12.3. The molecule has 3 aromatic rings. The van der Waals surface area contributed by atoms with E-state index in [1.54, 1.807) is 0 Å². The number of halogens is 1. The summed E-state index contributed by atoms with van der Waals surface area (Å²) in [5.41, 5.74) is 8.35. The van der Waals surface area contributed by atoms with Crippen LogP contribution in [0.3, 0.4) is 0 Å². The van der Waals surface area contributed by atoms with Crippen LogP contribution < -0.4 is 0 Å². The lowest BCUT2D eigenvalue weighted by Crippen LogP contribution is -2.13. The lowest BCUT2D eigenvalue weighted by molar-refractivity contribution is 0.300. The van der Waals surface area contributed by atoms with Gasteiger partial charge in [-0.1, -0.05) is 99.0 Å². The molecule has 0 aromatic heterocycles. The Morgan fingerprint density at radius 1 is 0.618 bits per heavy atom. The van der Waals surface area contributed by atoms with Crippen LogP contribution in [-0.2, 0) is 19.3 Å². The number of hydrogen-bond donors (Lipinski definition) is 0. The zero-order valence-electron chi connectivity index (χ0n) is 20.9. The van der Waals surface area contributed by atoms with Crippen molar-refractivity contribution >= 4 is 0 Å². The number of rotatable bonds is 11. The number of benzene rings is 3. The molecule has 34 heavy (non-hydrogen) atoms. The molecule has 0 spiro atoms. The fraction of sp³-hybridized carbons (Fsp3) is 0.455. The van der Waals surface area contributed by atoms with Gasteiger partial charge in [0, 0.05) is 0 Å². The molecule has 1 aliphatic rings. The highest BCUT2D eigenvalue weighted by atomic mass is 19.1. The summed E-state index contributed by atoms with van der Waals surface area (Å²) in [6, 6.07) is 27.5. The highest BCUT2D eigenvalue weighted by molar-refractivity contribution is 5.64. The van der Waals surface area contributed by atoms with E-state index in [9.17, 15) is 4.39 Å². The third-order valence-electron chi connectivity index (χ3n) is 7.90. The summed E-state index contributed by atoms with van der Waals surface area (Å²) in [5.74, 6) is 1.60. The molecule has 1 saturated carbocycles. The van der Waals surface area contributed by atoms with E-state index in [1.165, 1.54) is 71.9 Å². The van der Waals surface area contributed by atoms with Gasteiger partial charge in [-0.05, 0) is 96.6 Å². The zero-order valence-corrected chi connectivity index (χ0v) is 20.9. The van der Waals surface area contributed by atoms with Crippen LogP contribution in [0, 0.1) is 5.92 Å². The Bertz CT molecular complexity index is 961. The van der Waals surface area contributed by atoms with Gasteiger partial charge in [0.1, 0.15) is 0 Å². The first-order valence-electron chi connectivity index (χ1n) is 13.6. The Labute approximate surface area is 206 Å². The van der Waals surface area contributed by atoms with Crippen LogP contribution in [0.15, 0.2) is 72.8 Å². The first-order valence-corrected chi connectivity index (χ1v) is 13.6. The van der Waals surface area contributed by atoms with Gasteiger partial charge in [0.2, 0.25) is 0 Å². The van der Waals surface area contributed by atoms with E-state index in [1.807, 2.05) is 0 Å². The molecule has 0 saturated heterocycles. The van der Waals surface area contributed by atoms with Crippen molar-refractivity contribution in [1.82, 2.24) is 0 Å². The minimum atomic E-state index is -0.150. The van der Waals surface area contributed by atoms with Gasteiger partial charge in [-0.3, -0.25) is 4.39 Å². The van der Waals surface area contributed by atoms with Crippen molar-refractivity contribution in [3.05, 3.63) is 95.1 Å². The molecule has 0 amide bonds. The van der Waals surface area contributed by atoms with Gasteiger partial charge in [-0.2, -0.15) is 0 Å². The van der Waals surface area contributed by atoms with Crippen LogP contribution >= 0.6 is 0 Å². The molecular formula is C33H41F. The lowest BCUT2D eigenvalue weighted by atomic mass is 9.77. The number of unbranched alkanes of at least 4 members (excludes halogenated alkanes) is 2. The predicted octanol–water partition coefficient (Wildman–Crippen LogP) is 9.50. The molecule has 1 fully saturated rings. The minimum Gasteiger partial charge on any atom is -0.251 e. The maximum Gasteiger partial charge on any atom is 0.0894 e. The number of hydrogen-bond acceptors (Lipinski definition) is 0. The molecule has 0 radical (unpaired) electrons. The third-order valence-corrected chi connectivity index (χ3v) is 7.90. The van der Waals surface area contributed by atoms with Crippen LogP contribution in [0.4, 0.5) is 4.39 Å². The Balaban J connectivity index is 1.22. The standard InChI is InChI=1S/C33H41F/c1-2-26-9-17-30(18-10-26)32-21-13-28(14-22-32)7-8-29-15-23-33(24-16-29)31-19-11-27(12-20-31)6-4-3-5-25-34/h9-10,13-18,21-24,27,31H,2-8,11-12,19-20,25H2,1H3. The minimum absolute atomic E-state index is 0.150. The van der Waals surface area contributed by atoms with Gasteiger partial charge in [-0.15, -0.1) is 0 Å². The molecule has 1 aliphatic carbocycles. The van der Waals surface area contributed by atoms with Gasteiger partial charge in [-0.25, -0.2) is 0 Å². The Hall–Kier alpha value is -2.41. The maximum atomic E-state index is 12.3. The normalized spacial score (nSPS) is 18.2. The van der Waals surface area contributed by atoms with Gasteiger partial charge < -0.3 is 0 Å². The monoisotopic (exact) mass is 456 g/mol.